The molecular formula is C11H14. The third-order valence-corrected chi connectivity index (χ3v) is 3.78. The van der Waals surface area contributed by atoms with E-state index >= 15 is 0 Å². The van der Waals surface area contributed by atoms with E-state index in [9.17, 15) is 0 Å². The highest BCUT2D eigenvalue weighted by Crippen LogP contribution is 2.67. The van der Waals surface area contributed by atoms with Gasteiger partial charge in [-0.25, -0.2) is 0 Å². The van der Waals surface area contributed by atoms with Crippen molar-refractivity contribution in [2.24, 2.45) is 23.7 Å². The molecule has 0 spiro atoms. The Morgan fingerprint density at radius 3 is 2.27 bits per heavy atom. The summed E-state index contributed by atoms with van der Waals surface area (Å²) in [6.45, 7) is 8.05. The van der Waals surface area contributed by atoms with Crippen molar-refractivity contribution in [1.82, 2.24) is 0 Å². The molecule has 3 fully saturated rings. The maximum atomic E-state index is 4.06. The summed E-state index contributed by atoms with van der Waals surface area (Å²) >= 11 is 0. The Labute approximate surface area is 68.0 Å². The van der Waals surface area contributed by atoms with Gasteiger partial charge in [0.15, 0.2) is 0 Å². The second-order valence-corrected chi connectivity index (χ2v) is 4.51. The van der Waals surface area contributed by atoms with Gasteiger partial charge >= 0.3 is 0 Å². The molecule has 4 unspecified atom stereocenters. The first-order valence-corrected chi connectivity index (χ1v) is 4.62. The lowest BCUT2D eigenvalue weighted by Crippen LogP contribution is -1.99. The van der Waals surface area contributed by atoms with E-state index in [1.807, 2.05) is 0 Å². The van der Waals surface area contributed by atoms with Crippen LogP contribution >= 0.6 is 0 Å². The van der Waals surface area contributed by atoms with Crippen LogP contribution < -0.4 is 0 Å². The number of fused-ring (bicyclic) bond motifs is 1. The van der Waals surface area contributed by atoms with E-state index in [1.165, 1.54) is 30.4 Å². The van der Waals surface area contributed by atoms with Crippen LogP contribution in [0.3, 0.4) is 0 Å². The number of allylic oxidation sites excluding steroid dienone is 2. The van der Waals surface area contributed by atoms with Crippen molar-refractivity contribution >= 4 is 0 Å². The predicted octanol–water partition coefficient (Wildman–Crippen LogP) is 2.77. The average Bonchev–Trinajstić information content (AvgIpc) is 2.74. The Bertz CT molecular complexity index is 249. The highest BCUT2D eigenvalue weighted by atomic mass is 14.6. The SMILES string of the molecule is C=C1CC1CC1C2CC(=C)C21. The van der Waals surface area contributed by atoms with Crippen LogP contribution in [0.1, 0.15) is 19.3 Å². The first-order chi connectivity index (χ1) is 5.27. The largest absolute Gasteiger partial charge is 0.0995 e. The summed E-state index contributed by atoms with van der Waals surface area (Å²) in [6, 6.07) is 0. The van der Waals surface area contributed by atoms with Gasteiger partial charge in [-0.2, -0.15) is 0 Å². The van der Waals surface area contributed by atoms with Gasteiger partial charge in [0, 0.05) is 0 Å². The van der Waals surface area contributed by atoms with Gasteiger partial charge in [0.25, 0.3) is 0 Å². The van der Waals surface area contributed by atoms with Crippen LogP contribution in [0.2, 0.25) is 0 Å². The summed E-state index contributed by atoms with van der Waals surface area (Å²) in [7, 11) is 0. The van der Waals surface area contributed by atoms with Gasteiger partial charge < -0.3 is 0 Å². The van der Waals surface area contributed by atoms with Gasteiger partial charge in [-0.05, 0) is 42.9 Å². The third kappa shape index (κ3) is 0.702. The fourth-order valence-electron chi connectivity index (χ4n) is 2.76. The lowest BCUT2D eigenvalue weighted by atomic mass is 9.95. The van der Waals surface area contributed by atoms with Crippen molar-refractivity contribution in [1.29, 1.82) is 0 Å². The fraction of sp³-hybridized carbons (Fsp3) is 0.636. The van der Waals surface area contributed by atoms with Crippen molar-refractivity contribution in [2.75, 3.05) is 0 Å². The first-order valence-electron chi connectivity index (χ1n) is 4.62. The lowest BCUT2D eigenvalue weighted by molar-refractivity contribution is 0.606. The molecule has 0 radical (unpaired) electrons. The summed E-state index contributed by atoms with van der Waals surface area (Å²) < 4.78 is 0. The van der Waals surface area contributed by atoms with Gasteiger partial charge in [0.2, 0.25) is 0 Å². The Morgan fingerprint density at radius 2 is 1.91 bits per heavy atom. The normalized spacial score (nSPS) is 51.6. The van der Waals surface area contributed by atoms with E-state index < -0.39 is 0 Å². The van der Waals surface area contributed by atoms with Crippen LogP contribution in [0, 0.1) is 23.7 Å². The molecule has 11 heavy (non-hydrogen) atoms. The highest BCUT2D eigenvalue weighted by Gasteiger charge is 2.59. The standard InChI is InChI=1S/C11H14/c1-6-3-8(6)5-10-9-4-7(2)11(9)10/h8-11H,1-5H2. The number of hydrogen-bond donors (Lipinski definition) is 0. The second-order valence-electron chi connectivity index (χ2n) is 4.51. The van der Waals surface area contributed by atoms with E-state index in [-0.39, 0.29) is 0 Å². The molecule has 0 heteroatoms. The highest BCUT2D eigenvalue weighted by molar-refractivity contribution is 5.31. The van der Waals surface area contributed by atoms with Crippen LogP contribution in [-0.2, 0) is 0 Å². The average molecular weight is 146 g/mol. The molecule has 0 aromatic carbocycles. The maximum Gasteiger partial charge on any atom is -0.0140 e. The molecule has 0 heterocycles. The molecule has 0 amide bonds. The molecule has 4 atom stereocenters. The summed E-state index contributed by atoms with van der Waals surface area (Å²) in [5.41, 5.74) is 3.04. The third-order valence-electron chi connectivity index (χ3n) is 3.78. The Kier molecular flexibility index (Phi) is 0.894. The predicted molar refractivity (Wildman–Crippen MR) is 46.1 cm³/mol. The quantitative estimate of drug-likeness (QED) is 0.525. The van der Waals surface area contributed by atoms with E-state index in [4.69, 9.17) is 0 Å². The van der Waals surface area contributed by atoms with E-state index in [0.29, 0.717) is 0 Å². The molecule has 0 N–H and O–H groups in total. The zero-order valence-electron chi connectivity index (χ0n) is 6.84. The van der Waals surface area contributed by atoms with Gasteiger partial charge in [0.05, 0.1) is 0 Å². The van der Waals surface area contributed by atoms with Crippen LogP contribution in [0.5, 0.6) is 0 Å². The zero-order chi connectivity index (χ0) is 7.59. The molecule has 0 saturated heterocycles. The molecule has 3 saturated carbocycles. The van der Waals surface area contributed by atoms with Crippen LogP contribution in [0.25, 0.3) is 0 Å². The maximum absolute atomic E-state index is 4.06. The molecule has 0 nitrogen and oxygen atoms in total. The topological polar surface area (TPSA) is 0 Å². The Balaban J connectivity index is 1.60. The molecule has 3 aliphatic carbocycles. The minimum absolute atomic E-state index is 0.915. The molecule has 0 bridgehead atoms. The smallest absolute Gasteiger partial charge is 0.0140 e. The minimum atomic E-state index is 0.915. The molecule has 3 aliphatic rings. The zero-order valence-corrected chi connectivity index (χ0v) is 6.84. The molecule has 0 aromatic heterocycles. The fourth-order valence-corrected chi connectivity index (χ4v) is 2.76. The van der Waals surface area contributed by atoms with Crippen LogP contribution in [0.15, 0.2) is 24.3 Å². The summed E-state index contributed by atoms with van der Waals surface area (Å²) in [5, 5.41) is 0. The summed E-state index contributed by atoms with van der Waals surface area (Å²) in [6.07, 6.45) is 4.10. The summed E-state index contributed by atoms with van der Waals surface area (Å²) in [4.78, 5) is 0. The van der Waals surface area contributed by atoms with Crippen molar-refractivity contribution < 1.29 is 0 Å². The molecular weight excluding hydrogens is 132 g/mol. The van der Waals surface area contributed by atoms with Crippen molar-refractivity contribution in [3.05, 3.63) is 24.3 Å². The molecule has 0 aliphatic heterocycles. The van der Waals surface area contributed by atoms with Gasteiger partial charge in [-0.15, -0.1) is 0 Å². The first kappa shape index (κ1) is 6.05. The number of rotatable bonds is 2. The van der Waals surface area contributed by atoms with Crippen molar-refractivity contribution in [3.63, 3.8) is 0 Å². The molecule has 0 aromatic rings. The van der Waals surface area contributed by atoms with E-state index in [2.05, 4.69) is 13.2 Å². The van der Waals surface area contributed by atoms with Gasteiger partial charge in [-0.3, -0.25) is 0 Å². The second kappa shape index (κ2) is 1.63. The lowest BCUT2D eigenvalue weighted by Gasteiger charge is -2.10. The van der Waals surface area contributed by atoms with E-state index in [0.717, 1.165) is 23.7 Å². The molecule has 58 valence electrons. The van der Waals surface area contributed by atoms with Gasteiger partial charge in [0.1, 0.15) is 0 Å². The minimum Gasteiger partial charge on any atom is -0.0995 e. The molecule has 3 rings (SSSR count). The Morgan fingerprint density at radius 1 is 1.18 bits per heavy atom. The van der Waals surface area contributed by atoms with Crippen LogP contribution in [-0.4, -0.2) is 0 Å². The van der Waals surface area contributed by atoms with Crippen molar-refractivity contribution in [3.8, 4) is 0 Å². The van der Waals surface area contributed by atoms with Crippen molar-refractivity contribution in [2.45, 2.75) is 19.3 Å². The van der Waals surface area contributed by atoms with Gasteiger partial charge in [-0.1, -0.05) is 24.3 Å². The van der Waals surface area contributed by atoms with E-state index in [1.54, 1.807) is 0 Å². The monoisotopic (exact) mass is 146 g/mol. The van der Waals surface area contributed by atoms with Crippen LogP contribution in [0.4, 0.5) is 0 Å². The number of hydrogen-bond acceptors (Lipinski definition) is 0. The summed E-state index contributed by atoms with van der Waals surface area (Å²) in [5.74, 6) is 3.98. The Hall–Kier alpha value is -0.520.